The minimum Gasteiger partial charge on any atom is -0.463 e. The van der Waals surface area contributed by atoms with Crippen molar-refractivity contribution in [2.45, 2.75) is 115 Å². The van der Waals surface area contributed by atoms with Crippen LogP contribution in [0.3, 0.4) is 0 Å². The fourth-order valence-electron chi connectivity index (χ4n) is 5.53. The van der Waals surface area contributed by atoms with Crippen LogP contribution < -0.4 is 0 Å². The van der Waals surface area contributed by atoms with Crippen LogP contribution in [0.25, 0.3) is 0 Å². The predicted octanol–water partition coefficient (Wildman–Crippen LogP) is 5.36. The third-order valence-corrected chi connectivity index (χ3v) is 7.36. The third kappa shape index (κ3) is 9.78. The van der Waals surface area contributed by atoms with Gasteiger partial charge >= 0.3 is 11.9 Å². The van der Waals surface area contributed by atoms with E-state index in [1.54, 1.807) is 0 Å². The van der Waals surface area contributed by atoms with Gasteiger partial charge in [0.05, 0.1) is 25.4 Å². The predicted molar refractivity (Wildman–Crippen MR) is 122 cm³/mol. The summed E-state index contributed by atoms with van der Waals surface area (Å²) in [6.45, 7) is 1.45. The first-order valence-corrected chi connectivity index (χ1v) is 13.2. The highest BCUT2D eigenvalue weighted by molar-refractivity contribution is 5.70. The van der Waals surface area contributed by atoms with Crippen molar-refractivity contribution in [3.8, 4) is 0 Å². The highest BCUT2D eigenvalue weighted by Crippen LogP contribution is 2.28. The lowest BCUT2D eigenvalue weighted by Crippen LogP contribution is -2.36. The Labute approximate surface area is 194 Å². The van der Waals surface area contributed by atoms with Crippen molar-refractivity contribution in [1.29, 1.82) is 0 Å². The highest BCUT2D eigenvalue weighted by atomic mass is 16.6. The summed E-state index contributed by atoms with van der Waals surface area (Å²) in [5.41, 5.74) is 0. The van der Waals surface area contributed by atoms with Gasteiger partial charge in [-0.05, 0) is 50.4 Å². The van der Waals surface area contributed by atoms with E-state index >= 15 is 0 Å². The summed E-state index contributed by atoms with van der Waals surface area (Å²) < 4.78 is 22.8. The SMILES string of the molecule is O=C(CC1CCCCC1)OCCOC1CCCCC1OCCOC(=O)CC1CCCCC1. The zero-order chi connectivity index (χ0) is 22.4. The minimum atomic E-state index is -0.0908. The molecule has 0 spiro atoms. The lowest BCUT2D eigenvalue weighted by molar-refractivity contribution is -0.153. The Bertz CT molecular complexity index is 490. The monoisotopic (exact) mass is 452 g/mol. The van der Waals surface area contributed by atoms with Crippen molar-refractivity contribution in [2.24, 2.45) is 11.8 Å². The van der Waals surface area contributed by atoms with E-state index in [1.807, 2.05) is 0 Å². The van der Waals surface area contributed by atoms with Crippen molar-refractivity contribution in [1.82, 2.24) is 0 Å². The Kier molecular flexibility index (Phi) is 11.9. The van der Waals surface area contributed by atoms with Crippen LogP contribution in [0.2, 0.25) is 0 Å². The molecule has 6 heteroatoms. The third-order valence-electron chi connectivity index (χ3n) is 7.36. The average molecular weight is 453 g/mol. The Balaban J connectivity index is 1.23. The van der Waals surface area contributed by atoms with Crippen LogP contribution in [-0.2, 0) is 28.5 Å². The molecule has 3 aliphatic rings. The molecule has 0 aliphatic heterocycles. The second kappa shape index (κ2) is 14.9. The summed E-state index contributed by atoms with van der Waals surface area (Å²) in [6.07, 6.45) is 17.5. The van der Waals surface area contributed by atoms with Crippen molar-refractivity contribution in [3.05, 3.63) is 0 Å². The standard InChI is InChI=1S/C26H44O6/c27-25(19-21-9-3-1-4-10-21)31-17-15-29-23-13-7-8-14-24(23)30-16-18-32-26(28)20-22-11-5-2-6-12-22/h21-24H,1-20H2. The van der Waals surface area contributed by atoms with Gasteiger partial charge < -0.3 is 18.9 Å². The Morgan fingerprint density at radius 1 is 0.500 bits per heavy atom. The van der Waals surface area contributed by atoms with E-state index in [0.717, 1.165) is 51.4 Å². The molecule has 3 fully saturated rings. The second-order valence-corrected chi connectivity index (χ2v) is 9.96. The van der Waals surface area contributed by atoms with Gasteiger partial charge in [0.25, 0.3) is 0 Å². The second-order valence-electron chi connectivity index (χ2n) is 9.96. The van der Waals surface area contributed by atoms with Gasteiger partial charge in [-0.3, -0.25) is 9.59 Å². The number of carbonyl (C=O) groups is 2. The van der Waals surface area contributed by atoms with Gasteiger partial charge in [0.15, 0.2) is 0 Å². The first-order chi connectivity index (χ1) is 15.7. The van der Waals surface area contributed by atoms with Crippen LogP contribution in [-0.4, -0.2) is 50.6 Å². The van der Waals surface area contributed by atoms with E-state index in [1.165, 1.54) is 38.5 Å². The Morgan fingerprint density at radius 3 is 1.28 bits per heavy atom. The van der Waals surface area contributed by atoms with Gasteiger partial charge in [-0.2, -0.15) is 0 Å². The van der Waals surface area contributed by atoms with Gasteiger partial charge in [0, 0.05) is 12.8 Å². The maximum Gasteiger partial charge on any atom is 0.306 e. The number of ether oxygens (including phenoxy) is 4. The first kappa shape index (κ1) is 25.5. The first-order valence-electron chi connectivity index (χ1n) is 13.2. The molecule has 0 heterocycles. The molecule has 0 N–H and O–H groups in total. The van der Waals surface area contributed by atoms with Gasteiger partial charge in [-0.15, -0.1) is 0 Å². The summed E-state index contributed by atoms with van der Waals surface area (Å²) in [6, 6.07) is 0. The van der Waals surface area contributed by atoms with Crippen LogP contribution in [0.4, 0.5) is 0 Å². The summed E-state index contributed by atoms with van der Waals surface area (Å²) in [7, 11) is 0. The van der Waals surface area contributed by atoms with Crippen LogP contribution in [0, 0.1) is 11.8 Å². The lowest BCUT2D eigenvalue weighted by atomic mass is 9.87. The molecule has 32 heavy (non-hydrogen) atoms. The van der Waals surface area contributed by atoms with Crippen LogP contribution in [0.5, 0.6) is 0 Å². The van der Waals surface area contributed by atoms with E-state index in [4.69, 9.17) is 18.9 Å². The topological polar surface area (TPSA) is 71.1 Å². The summed E-state index contributed by atoms with van der Waals surface area (Å²) in [5.74, 6) is 0.828. The molecule has 184 valence electrons. The largest absolute Gasteiger partial charge is 0.463 e. The van der Waals surface area contributed by atoms with E-state index < -0.39 is 0 Å². The van der Waals surface area contributed by atoms with E-state index in [0.29, 0.717) is 51.1 Å². The zero-order valence-electron chi connectivity index (χ0n) is 19.9. The van der Waals surface area contributed by atoms with Crippen molar-refractivity contribution in [2.75, 3.05) is 26.4 Å². The molecule has 3 rings (SSSR count). The molecule has 6 nitrogen and oxygen atoms in total. The van der Waals surface area contributed by atoms with E-state index in [2.05, 4.69) is 0 Å². The molecule has 2 unspecified atom stereocenters. The summed E-state index contributed by atoms with van der Waals surface area (Å²) >= 11 is 0. The van der Waals surface area contributed by atoms with Crippen molar-refractivity contribution < 1.29 is 28.5 Å². The average Bonchev–Trinajstić information content (AvgIpc) is 2.81. The maximum atomic E-state index is 12.0. The fourth-order valence-corrected chi connectivity index (χ4v) is 5.53. The molecule has 2 atom stereocenters. The molecule has 0 bridgehead atoms. The molecule has 3 saturated carbocycles. The summed E-state index contributed by atoms with van der Waals surface area (Å²) in [5, 5.41) is 0. The molecule has 0 saturated heterocycles. The molecule has 0 aromatic carbocycles. The molecule has 0 aromatic rings. The minimum absolute atomic E-state index is 0.0266. The van der Waals surface area contributed by atoms with Crippen molar-refractivity contribution >= 4 is 11.9 Å². The van der Waals surface area contributed by atoms with Crippen LogP contribution in [0.15, 0.2) is 0 Å². The molecule has 0 aromatic heterocycles. The zero-order valence-corrected chi connectivity index (χ0v) is 19.9. The van der Waals surface area contributed by atoms with Crippen LogP contribution in [0.1, 0.15) is 103 Å². The van der Waals surface area contributed by atoms with Crippen molar-refractivity contribution in [3.63, 3.8) is 0 Å². The quantitative estimate of drug-likeness (QED) is 0.293. The lowest BCUT2D eigenvalue weighted by Gasteiger charge is -2.31. The molecular weight excluding hydrogens is 408 g/mol. The molecule has 0 amide bonds. The number of hydrogen-bond donors (Lipinski definition) is 0. The number of rotatable bonds is 12. The number of hydrogen-bond acceptors (Lipinski definition) is 6. The smallest absolute Gasteiger partial charge is 0.306 e. The molecule has 3 aliphatic carbocycles. The molecule has 0 radical (unpaired) electrons. The number of carbonyl (C=O) groups excluding carboxylic acids is 2. The fraction of sp³-hybridized carbons (Fsp3) is 0.923. The van der Waals surface area contributed by atoms with Gasteiger partial charge in [-0.1, -0.05) is 51.4 Å². The van der Waals surface area contributed by atoms with Gasteiger partial charge in [0.1, 0.15) is 13.2 Å². The summed E-state index contributed by atoms with van der Waals surface area (Å²) in [4.78, 5) is 24.1. The van der Waals surface area contributed by atoms with Gasteiger partial charge in [0.2, 0.25) is 0 Å². The Morgan fingerprint density at radius 2 is 0.875 bits per heavy atom. The Hall–Kier alpha value is -1.14. The number of esters is 2. The van der Waals surface area contributed by atoms with Gasteiger partial charge in [-0.25, -0.2) is 0 Å². The normalized spacial score (nSPS) is 25.4. The molecular formula is C26H44O6. The highest BCUT2D eigenvalue weighted by Gasteiger charge is 2.27. The van der Waals surface area contributed by atoms with E-state index in [9.17, 15) is 9.59 Å². The maximum absolute atomic E-state index is 12.0. The van der Waals surface area contributed by atoms with Crippen LogP contribution >= 0.6 is 0 Å². The van der Waals surface area contributed by atoms with E-state index in [-0.39, 0.29) is 24.1 Å².